The Bertz CT molecular complexity index is 308. The minimum atomic E-state index is -4.28. The highest BCUT2D eigenvalue weighted by molar-refractivity contribution is 5.24. The minimum absolute atomic E-state index is 0.201. The molecule has 5 heteroatoms. The zero-order chi connectivity index (χ0) is 12.0. The highest BCUT2D eigenvalue weighted by atomic mass is 19.4. The molecule has 1 rings (SSSR count). The van der Waals surface area contributed by atoms with E-state index in [9.17, 15) is 13.2 Å². The van der Waals surface area contributed by atoms with E-state index in [4.69, 9.17) is 10.5 Å². The van der Waals surface area contributed by atoms with Crippen molar-refractivity contribution in [2.45, 2.75) is 12.6 Å². The molecule has 0 aliphatic carbocycles. The summed E-state index contributed by atoms with van der Waals surface area (Å²) < 4.78 is 41.8. The molecule has 0 aromatic heterocycles. The highest BCUT2D eigenvalue weighted by Crippen LogP contribution is 2.29. The van der Waals surface area contributed by atoms with E-state index in [0.717, 1.165) is 17.7 Å². The first-order valence-electron chi connectivity index (χ1n) is 4.92. The quantitative estimate of drug-likeness (QED) is 0.717. The molecule has 1 N–H and O–H groups in total. The lowest BCUT2D eigenvalue weighted by molar-refractivity contribution is -0.137. The molecule has 0 saturated carbocycles. The van der Waals surface area contributed by atoms with Crippen molar-refractivity contribution in [3.8, 4) is 0 Å². The second-order valence-electron chi connectivity index (χ2n) is 3.31. The molecule has 0 spiro atoms. The third-order valence-electron chi connectivity index (χ3n) is 2.06. The third kappa shape index (κ3) is 4.20. The van der Waals surface area contributed by atoms with Gasteiger partial charge in [-0.1, -0.05) is 12.1 Å². The summed E-state index contributed by atoms with van der Waals surface area (Å²) in [5.74, 6) is 0. The summed E-state index contributed by atoms with van der Waals surface area (Å²) in [6.45, 7) is 0.998. The first-order chi connectivity index (χ1) is 7.54. The Morgan fingerprint density at radius 2 is 1.69 bits per heavy atom. The molecule has 0 aliphatic heterocycles. The summed E-state index contributed by atoms with van der Waals surface area (Å²) in [4.78, 5) is 0. The van der Waals surface area contributed by atoms with Crippen LogP contribution < -0.4 is 0 Å². The molecule has 16 heavy (non-hydrogen) atoms. The standard InChI is InChI=1S/C11H13F3NO/c12-11(13,14)10-3-1-9(2-4-10)5-7-16-8-6-15/h1-4,15H,5-8H2/q-1. The number of hydrogen-bond acceptors (Lipinski definition) is 1. The van der Waals surface area contributed by atoms with Crippen LogP contribution in [0.15, 0.2) is 24.3 Å². The maximum atomic E-state index is 12.2. The van der Waals surface area contributed by atoms with Gasteiger partial charge in [-0.15, -0.1) is 6.54 Å². The van der Waals surface area contributed by atoms with Crippen LogP contribution in [0.25, 0.3) is 5.73 Å². The van der Waals surface area contributed by atoms with E-state index in [1.54, 1.807) is 0 Å². The van der Waals surface area contributed by atoms with Crippen molar-refractivity contribution in [1.29, 1.82) is 0 Å². The van der Waals surface area contributed by atoms with Crippen molar-refractivity contribution in [2.24, 2.45) is 0 Å². The second kappa shape index (κ2) is 5.86. The molecule has 1 aromatic rings. The maximum Gasteiger partial charge on any atom is 0.416 e. The van der Waals surface area contributed by atoms with Crippen LogP contribution in [0.3, 0.4) is 0 Å². The summed E-state index contributed by atoms with van der Waals surface area (Å²) in [7, 11) is 0. The van der Waals surface area contributed by atoms with Crippen molar-refractivity contribution in [1.82, 2.24) is 0 Å². The normalized spacial score (nSPS) is 11.8. The van der Waals surface area contributed by atoms with Crippen LogP contribution in [-0.2, 0) is 17.3 Å². The number of halogens is 3. The van der Waals surface area contributed by atoms with E-state index >= 15 is 0 Å². The molecular weight excluding hydrogens is 219 g/mol. The van der Waals surface area contributed by atoms with E-state index in [-0.39, 0.29) is 6.54 Å². The SMILES string of the molecule is [NH-]CCOCCc1ccc(C(F)(F)F)cc1. The zero-order valence-corrected chi connectivity index (χ0v) is 8.68. The Morgan fingerprint density at radius 3 is 2.19 bits per heavy atom. The number of rotatable bonds is 5. The van der Waals surface area contributed by atoms with Crippen molar-refractivity contribution in [2.75, 3.05) is 19.8 Å². The molecule has 0 atom stereocenters. The lowest BCUT2D eigenvalue weighted by Crippen LogP contribution is -2.05. The van der Waals surface area contributed by atoms with Gasteiger partial charge in [0.2, 0.25) is 0 Å². The summed E-state index contributed by atoms with van der Waals surface area (Å²) >= 11 is 0. The fraction of sp³-hybridized carbons (Fsp3) is 0.455. The molecule has 0 radical (unpaired) electrons. The van der Waals surface area contributed by atoms with Crippen LogP contribution in [0.4, 0.5) is 13.2 Å². The third-order valence-corrected chi connectivity index (χ3v) is 2.06. The van der Waals surface area contributed by atoms with Gasteiger partial charge in [-0.05, 0) is 24.1 Å². The van der Waals surface area contributed by atoms with E-state index in [1.165, 1.54) is 12.1 Å². The molecule has 0 bridgehead atoms. The Morgan fingerprint density at radius 1 is 1.06 bits per heavy atom. The molecule has 0 unspecified atom stereocenters. The molecular formula is C11H13F3NO-. The number of hydrogen-bond donors (Lipinski definition) is 0. The molecule has 2 nitrogen and oxygen atoms in total. The second-order valence-corrected chi connectivity index (χ2v) is 3.31. The average Bonchev–Trinajstić information content (AvgIpc) is 2.24. The predicted octanol–water partition coefficient (Wildman–Crippen LogP) is 3.32. The predicted molar refractivity (Wildman–Crippen MR) is 55.2 cm³/mol. The fourth-order valence-corrected chi connectivity index (χ4v) is 1.22. The van der Waals surface area contributed by atoms with E-state index in [2.05, 4.69) is 0 Å². The maximum absolute atomic E-state index is 12.2. The molecule has 1 aromatic carbocycles. The van der Waals surface area contributed by atoms with E-state index < -0.39 is 11.7 Å². The van der Waals surface area contributed by atoms with Crippen LogP contribution in [0.5, 0.6) is 0 Å². The van der Waals surface area contributed by atoms with Gasteiger partial charge >= 0.3 is 6.18 Å². The topological polar surface area (TPSA) is 33.0 Å². The largest absolute Gasteiger partial charge is 0.676 e. The first-order valence-corrected chi connectivity index (χ1v) is 4.92. The van der Waals surface area contributed by atoms with Gasteiger partial charge < -0.3 is 10.5 Å². The van der Waals surface area contributed by atoms with Gasteiger partial charge in [-0.25, -0.2) is 0 Å². The summed E-state index contributed by atoms with van der Waals surface area (Å²) in [6, 6.07) is 5.04. The van der Waals surface area contributed by atoms with Crippen molar-refractivity contribution in [3.05, 3.63) is 41.1 Å². The minimum Gasteiger partial charge on any atom is -0.676 e. The molecule has 0 fully saturated rings. The monoisotopic (exact) mass is 232 g/mol. The summed E-state index contributed by atoms with van der Waals surface area (Å²) in [6.07, 6.45) is -3.71. The van der Waals surface area contributed by atoms with Gasteiger partial charge in [-0.3, -0.25) is 0 Å². The van der Waals surface area contributed by atoms with E-state index in [1.807, 2.05) is 0 Å². The first kappa shape index (κ1) is 13.0. The lowest BCUT2D eigenvalue weighted by atomic mass is 10.1. The molecule has 0 saturated heterocycles. The van der Waals surface area contributed by atoms with Gasteiger partial charge in [0.15, 0.2) is 0 Å². The number of nitrogens with one attached hydrogen (secondary N) is 1. The molecule has 0 aliphatic rings. The highest BCUT2D eigenvalue weighted by Gasteiger charge is 2.29. The molecule has 0 heterocycles. The lowest BCUT2D eigenvalue weighted by Gasteiger charge is -2.08. The Hall–Kier alpha value is -1.07. The van der Waals surface area contributed by atoms with Crippen LogP contribution in [0, 0.1) is 0 Å². The van der Waals surface area contributed by atoms with Gasteiger partial charge in [0.05, 0.1) is 12.2 Å². The van der Waals surface area contributed by atoms with Gasteiger partial charge in [0.25, 0.3) is 0 Å². The Labute approximate surface area is 92.2 Å². The van der Waals surface area contributed by atoms with Crippen molar-refractivity contribution < 1.29 is 17.9 Å². The van der Waals surface area contributed by atoms with Crippen LogP contribution in [0.2, 0.25) is 0 Å². The summed E-state index contributed by atoms with van der Waals surface area (Å²) in [5.41, 5.74) is 7.00. The van der Waals surface area contributed by atoms with Crippen LogP contribution in [-0.4, -0.2) is 19.8 Å². The van der Waals surface area contributed by atoms with Crippen LogP contribution >= 0.6 is 0 Å². The number of ether oxygens (including phenoxy) is 1. The smallest absolute Gasteiger partial charge is 0.416 e. The molecule has 90 valence electrons. The van der Waals surface area contributed by atoms with Crippen molar-refractivity contribution >= 4 is 0 Å². The van der Waals surface area contributed by atoms with Gasteiger partial charge in [0.1, 0.15) is 0 Å². The van der Waals surface area contributed by atoms with Gasteiger partial charge in [0, 0.05) is 6.61 Å². The number of benzene rings is 1. The fourth-order valence-electron chi connectivity index (χ4n) is 1.22. The molecule has 0 amide bonds. The number of alkyl halides is 3. The zero-order valence-electron chi connectivity index (χ0n) is 8.68. The van der Waals surface area contributed by atoms with Crippen LogP contribution in [0.1, 0.15) is 11.1 Å². The van der Waals surface area contributed by atoms with E-state index in [0.29, 0.717) is 19.6 Å². The Kier molecular flexibility index (Phi) is 4.76. The average molecular weight is 232 g/mol. The summed E-state index contributed by atoms with van der Waals surface area (Å²) in [5, 5.41) is 0. The van der Waals surface area contributed by atoms with Gasteiger partial charge in [-0.2, -0.15) is 13.2 Å². The Balaban J connectivity index is 2.46. The van der Waals surface area contributed by atoms with Crippen molar-refractivity contribution in [3.63, 3.8) is 0 Å².